The van der Waals surface area contributed by atoms with E-state index in [2.05, 4.69) is 74.5 Å². The molecule has 0 aliphatic carbocycles. The molecule has 0 heterocycles. The van der Waals surface area contributed by atoms with E-state index in [1.165, 1.54) is 23.2 Å². The SMILES string of the molecule is CC[SiH](CC)OC(c1ccccc1)c1ccccc1. The van der Waals surface area contributed by atoms with Crippen LogP contribution in [-0.2, 0) is 4.43 Å². The van der Waals surface area contributed by atoms with Crippen molar-refractivity contribution in [3.8, 4) is 0 Å². The van der Waals surface area contributed by atoms with Gasteiger partial charge in [0.15, 0.2) is 9.04 Å². The summed E-state index contributed by atoms with van der Waals surface area (Å²) in [4.78, 5) is 0. The van der Waals surface area contributed by atoms with Crippen LogP contribution in [0.3, 0.4) is 0 Å². The molecule has 100 valence electrons. The average molecular weight is 270 g/mol. The van der Waals surface area contributed by atoms with Gasteiger partial charge in [0.25, 0.3) is 0 Å². The predicted octanol–water partition coefficient (Wildman–Crippen LogP) is 4.56. The molecule has 0 amide bonds. The van der Waals surface area contributed by atoms with Crippen molar-refractivity contribution in [1.82, 2.24) is 0 Å². The number of rotatable bonds is 6. The van der Waals surface area contributed by atoms with E-state index in [0.717, 1.165) is 0 Å². The van der Waals surface area contributed by atoms with Crippen LogP contribution in [0.1, 0.15) is 31.1 Å². The molecule has 0 saturated carbocycles. The van der Waals surface area contributed by atoms with E-state index in [4.69, 9.17) is 4.43 Å². The minimum atomic E-state index is -1.09. The van der Waals surface area contributed by atoms with Gasteiger partial charge in [0.1, 0.15) is 0 Å². The lowest BCUT2D eigenvalue weighted by molar-refractivity contribution is 0.247. The standard InChI is InChI=1S/C17H22OSi/c1-3-19(4-2)18-17(15-11-7-5-8-12-15)16-13-9-6-10-14-16/h5-14,17,19H,3-4H2,1-2H3. The molecular formula is C17H22OSi. The van der Waals surface area contributed by atoms with Crippen molar-refractivity contribution in [3.05, 3.63) is 71.8 Å². The molecule has 2 rings (SSSR count). The van der Waals surface area contributed by atoms with Gasteiger partial charge in [-0.1, -0.05) is 74.5 Å². The largest absolute Gasteiger partial charge is 0.409 e. The van der Waals surface area contributed by atoms with E-state index >= 15 is 0 Å². The topological polar surface area (TPSA) is 9.23 Å². The lowest BCUT2D eigenvalue weighted by Crippen LogP contribution is -2.20. The maximum absolute atomic E-state index is 6.46. The zero-order valence-electron chi connectivity index (χ0n) is 11.8. The molecule has 2 heteroatoms. The molecule has 0 bridgehead atoms. The van der Waals surface area contributed by atoms with Gasteiger partial charge in [-0.3, -0.25) is 0 Å². The van der Waals surface area contributed by atoms with Crippen LogP contribution in [0.15, 0.2) is 60.7 Å². The van der Waals surface area contributed by atoms with Gasteiger partial charge in [-0.15, -0.1) is 0 Å². The smallest absolute Gasteiger partial charge is 0.177 e. The Labute approximate surface area is 118 Å². The minimum Gasteiger partial charge on any atom is -0.409 e. The van der Waals surface area contributed by atoms with E-state index in [0.29, 0.717) is 0 Å². The van der Waals surface area contributed by atoms with Crippen molar-refractivity contribution in [3.63, 3.8) is 0 Å². The Morgan fingerprint density at radius 3 is 1.58 bits per heavy atom. The van der Waals surface area contributed by atoms with Crippen LogP contribution < -0.4 is 0 Å². The van der Waals surface area contributed by atoms with Crippen molar-refractivity contribution in [2.45, 2.75) is 32.0 Å². The van der Waals surface area contributed by atoms with Crippen LogP contribution in [0.25, 0.3) is 0 Å². The molecule has 0 N–H and O–H groups in total. The van der Waals surface area contributed by atoms with Crippen molar-refractivity contribution in [2.75, 3.05) is 0 Å². The maximum atomic E-state index is 6.46. The Hall–Kier alpha value is -1.38. The zero-order valence-corrected chi connectivity index (χ0v) is 12.9. The van der Waals surface area contributed by atoms with Crippen LogP contribution in [0, 0.1) is 0 Å². The Balaban J connectivity index is 2.29. The molecule has 2 aromatic carbocycles. The molecule has 0 radical (unpaired) electrons. The molecule has 0 aromatic heterocycles. The highest BCUT2D eigenvalue weighted by Crippen LogP contribution is 2.27. The van der Waals surface area contributed by atoms with Gasteiger partial charge >= 0.3 is 0 Å². The third-order valence-corrected chi connectivity index (χ3v) is 5.92. The van der Waals surface area contributed by atoms with Gasteiger partial charge in [0.2, 0.25) is 0 Å². The first kappa shape index (κ1) is 14.0. The Morgan fingerprint density at radius 1 is 0.789 bits per heavy atom. The number of benzene rings is 2. The first-order chi connectivity index (χ1) is 9.35. The Morgan fingerprint density at radius 2 is 1.21 bits per heavy atom. The summed E-state index contributed by atoms with van der Waals surface area (Å²) in [6, 6.07) is 23.5. The molecule has 1 nitrogen and oxygen atoms in total. The van der Waals surface area contributed by atoms with Crippen LogP contribution in [-0.4, -0.2) is 9.04 Å². The molecular weight excluding hydrogens is 248 g/mol. The monoisotopic (exact) mass is 270 g/mol. The molecule has 0 atom stereocenters. The fraction of sp³-hybridized carbons (Fsp3) is 0.294. The van der Waals surface area contributed by atoms with Gasteiger partial charge in [0, 0.05) is 0 Å². The molecule has 2 aromatic rings. The summed E-state index contributed by atoms with van der Waals surface area (Å²) in [5.74, 6) is 0. The molecule has 0 aliphatic rings. The zero-order chi connectivity index (χ0) is 13.5. The van der Waals surface area contributed by atoms with Crippen molar-refractivity contribution in [1.29, 1.82) is 0 Å². The Bertz CT molecular complexity index is 426. The molecule has 0 unspecified atom stereocenters. The average Bonchev–Trinajstić information content (AvgIpc) is 2.50. The third-order valence-electron chi connectivity index (χ3n) is 3.44. The van der Waals surface area contributed by atoms with Crippen molar-refractivity contribution >= 4 is 9.04 Å². The molecule has 0 spiro atoms. The molecule has 0 aliphatic heterocycles. The second-order valence-corrected chi connectivity index (χ2v) is 7.93. The van der Waals surface area contributed by atoms with Crippen LogP contribution in [0.2, 0.25) is 12.1 Å². The van der Waals surface area contributed by atoms with E-state index in [1.807, 2.05) is 0 Å². The molecule has 19 heavy (non-hydrogen) atoms. The summed E-state index contributed by atoms with van der Waals surface area (Å²) in [6.07, 6.45) is 0.0963. The van der Waals surface area contributed by atoms with Gasteiger partial charge in [-0.25, -0.2) is 0 Å². The summed E-state index contributed by atoms with van der Waals surface area (Å²) in [7, 11) is -1.09. The maximum Gasteiger partial charge on any atom is 0.177 e. The molecule has 0 saturated heterocycles. The first-order valence-corrected chi connectivity index (χ1v) is 9.21. The molecule has 0 fully saturated rings. The highest BCUT2D eigenvalue weighted by Gasteiger charge is 2.18. The fourth-order valence-corrected chi connectivity index (χ4v) is 3.94. The summed E-state index contributed by atoms with van der Waals surface area (Å²) < 4.78 is 6.46. The van der Waals surface area contributed by atoms with Crippen molar-refractivity contribution in [2.24, 2.45) is 0 Å². The van der Waals surface area contributed by atoms with Gasteiger partial charge in [-0.05, 0) is 23.2 Å². The lowest BCUT2D eigenvalue weighted by Gasteiger charge is -2.24. The highest BCUT2D eigenvalue weighted by atomic mass is 28.3. The third kappa shape index (κ3) is 3.79. The van der Waals surface area contributed by atoms with E-state index in [-0.39, 0.29) is 6.10 Å². The number of hydrogen-bond acceptors (Lipinski definition) is 1. The summed E-state index contributed by atoms with van der Waals surface area (Å²) in [5, 5.41) is 0. The fourth-order valence-electron chi connectivity index (χ4n) is 2.28. The summed E-state index contributed by atoms with van der Waals surface area (Å²) >= 11 is 0. The highest BCUT2D eigenvalue weighted by molar-refractivity contribution is 6.51. The quantitative estimate of drug-likeness (QED) is 0.699. The van der Waals surface area contributed by atoms with Crippen LogP contribution in [0.4, 0.5) is 0 Å². The van der Waals surface area contributed by atoms with E-state index in [9.17, 15) is 0 Å². The van der Waals surface area contributed by atoms with Crippen LogP contribution in [0.5, 0.6) is 0 Å². The van der Waals surface area contributed by atoms with Gasteiger partial charge in [0.05, 0.1) is 6.10 Å². The normalized spacial score (nSPS) is 11.2. The van der Waals surface area contributed by atoms with Gasteiger partial charge in [-0.2, -0.15) is 0 Å². The second-order valence-electron chi connectivity index (χ2n) is 4.78. The van der Waals surface area contributed by atoms with E-state index in [1.54, 1.807) is 0 Å². The van der Waals surface area contributed by atoms with Gasteiger partial charge < -0.3 is 4.43 Å². The predicted molar refractivity (Wildman–Crippen MR) is 83.9 cm³/mol. The lowest BCUT2D eigenvalue weighted by atomic mass is 10.0. The first-order valence-electron chi connectivity index (χ1n) is 7.10. The Kier molecular flexibility index (Phi) is 5.37. The van der Waals surface area contributed by atoms with Crippen molar-refractivity contribution < 1.29 is 4.43 Å². The van der Waals surface area contributed by atoms with Crippen LogP contribution >= 0.6 is 0 Å². The summed E-state index contributed by atoms with van der Waals surface area (Å²) in [5.41, 5.74) is 2.52. The minimum absolute atomic E-state index is 0.0963. The summed E-state index contributed by atoms with van der Waals surface area (Å²) in [6.45, 7) is 4.49. The number of hydrogen-bond donors (Lipinski definition) is 0. The second kappa shape index (κ2) is 7.27. The van der Waals surface area contributed by atoms with E-state index < -0.39 is 9.04 Å².